The number of benzene rings is 1. The molecule has 8 nitrogen and oxygen atoms in total. The van der Waals surface area contributed by atoms with E-state index in [1.807, 2.05) is 78.8 Å². The van der Waals surface area contributed by atoms with Crippen molar-refractivity contribution in [2.75, 3.05) is 0 Å². The molecule has 32 heavy (non-hydrogen) atoms. The van der Waals surface area contributed by atoms with E-state index < -0.39 is 29.4 Å². The van der Waals surface area contributed by atoms with Gasteiger partial charge in [0, 0.05) is 6.42 Å². The zero-order valence-electron chi connectivity index (χ0n) is 20.2. The van der Waals surface area contributed by atoms with Crippen molar-refractivity contribution in [1.29, 1.82) is 0 Å². The summed E-state index contributed by atoms with van der Waals surface area (Å²) < 4.78 is 12.8. The first kappa shape index (κ1) is 25.4. The molecule has 1 aromatic heterocycles. The highest BCUT2D eigenvalue weighted by Gasteiger charge is 2.32. The largest absolute Gasteiger partial charge is 0.458 e. The molecular weight excluding hydrogens is 408 g/mol. The fourth-order valence-corrected chi connectivity index (χ4v) is 3.25. The maximum Gasteiger partial charge on any atom is 0.408 e. The van der Waals surface area contributed by atoms with Crippen LogP contribution in [-0.4, -0.2) is 38.0 Å². The molecule has 0 aliphatic carbocycles. The Bertz CT molecular complexity index is 881. The van der Waals surface area contributed by atoms with E-state index in [1.165, 1.54) is 6.33 Å². The maximum atomic E-state index is 13.2. The number of amides is 1. The quantitative estimate of drug-likeness (QED) is 0.589. The normalized spacial score (nSPS) is 13.8. The number of carbonyl (C=O) groups is 2. The summed E-state index contributed by atoms with van der Waals surface area (Å²) in [5, 5.41) is 11.2. The van der Waals surface area contributed by atoms with E-state index in [2.05, 4.69) is 15.5 Å². The van der Waals surface area contributed by atoms with Crippen LogP contribution in [0, 0.1) is 0 Å². The summed E-state index contributed by atoms with van der Waals surface area (Å²) in [4.78, 5) is 25.6. The summed E-state index contributed by atoms with van der Waals surface area (Å²) in [6, 6.07) is 8.57. The van der Waals surface area contributed by atoms with Crippen LogP contribution in [-0.2, 0) is 20.7 Å². The first-order valence-electron chi connectivity index (χ1n) is 11.1. The highest BCUT2D eigenvalue weighted by atomic mass is 16.6. The van der Waals surface area contributed by atoms with Gasteiger partial charge in [0.2, 0.25) is 0 Å². The molecule has 2 atom stereocenters. The Morgan fingerprint density at radius 3 is 2.22 bits per heavy atom. The number of alkyl carbamates (subject to hydrolysis) is 1. The van der Waals surface area contributed by atoms with E-state index in [-0.39, 0.29) is 5.97 Å². The number of rotatable bonds is 8. The Labute approximate surface area is 190 Å². The molecule has 1 N–H and O–H groups in total. The van der Waals surface area contributed by atoms with Crippen LogP contribution in [0.3, 0.4) is 0 Å². The summed E-state index contributed by atoms with van der Waals surface area (Å²) in [7, 11) is 0. The highest BCUT2D eigenvalue weighted by molar-refractivity contribution is 5.75. The van der Waals surface area contributed by atoms with E-state index in [0.29, 0.717) is 18.7 Å². The molecule has 1 amide bonds. The Hall–Kier alpha value is -2.90. The summed E-state index contributed by atoms with van der Waals surface area (Å²) in [6.45, 7) is 12.9. The van der Waals surface area contributed by atoms with Crippen molar-refractivity contribution in [2.45, 2.75) is 91.0 Å². The van der Waals surface area contributed by atoms with Crippen molar-refractivity contribution in [3.05, 3.63) is 48.0 Å². The Morgan fingerprint density at radius 1 is 1.03 bits per heavy atom. The fraction of sp³-hybridized carbons (Fsp3) is 0.583. The molecule has 0 fully saturated rings. The lowest BCUT2D eigenvalue weighted by Gasteiger charge is -2.27. The average Bonchev–Trinajstić information content (AvgIpc) is 3.13. The number of carbonyl (C=O) groups excluding carboxylic acids is 2. The van der Waals surface area contributed by atoms with Gasteiger partial charge >= 0.3 is 12.1 Å². The van der Waals surface area contributed by atoms with Crippen LogP contribution in [0.2, 0.25) is 0 Å². The zero-order chi connectivity index (χ0) is 23.9. The smallest absolute Gasteiger partial charge is 0.408 e. The monoisotopic (exact) mass is 444 g/mol. The van der Waals surface area contributed by atoms with Crippen molar-refractivity contribution >= 4 is 12.1 Å². The Kier molecular flexibility index (Phi) is 8.41. The van der Waals surface area contributed by atoms with Gasteiger partial charge in [0.1, 0.15) is 23.6 Å². The lowest BCUT2D eigenvalue weighted by molar-refractivity contribution is -0.159. The van der Waals surface area contributed by atoms with E-state index in [9.17, 15) is 9.59 Å². The van der Waals surface area contributed by atoms with Crippen molar-refractivity contribution < 1.29 is 19.1 Å². The molecule has 0 aliphatic rings. The molecule has 176 valence electrons. The van der Waals surface area contributed by atoms with Crippen LogP contribution in [0.4, 0.5) is 4.79 Å². The first-order chi connectivity index (χ1) is 14.9. The number of aromatic nitrogens is 3. The van der Waals surface area contributed by atoms with E-state index in [1.54, 1.807) is 4.57 Å². The van der Waals surface area contributed by atoms with Gasteiger partial charge in [-0.25, -0.2) is 9.59 Å². The van der Waals surface area contributed by atoms with E-state index in [0.717, 1.165) is 12.0 Å². The predicted octanol–water partition coefficient (Wildman–Crippen LogP) is 4.77. The van der Waals surface area contributed by atoms with Crippen molar-refractivity contribution in [3.8, 4) is 0 Å². The average molecular weight is 445 g/mol. The lowest BCUT2D eigenvalue weighted by Crippen LogP contribution is -2.37. The second-order valence-electron chi connectivity index (χ2n) is 9.82. The topological polar surface area (TPSA) is 95.3 Å². The molecule has 0 bridgehead atoms. The summed E-state index contributed by atoms with van der Waals surface area (Å²) in [5.74, 6) is 0.111. The molecule has 1 heterocycles. The van der Waals surface area contributed by atoms with Gasteiger partial charge in [-0.3, -0.25) is 0 Å². The first-order valence-corrected chi connectivity index (χ1v) is 11.1. The van der Waals surface area contributed by atoms with E-state index >= 15 is 0 Å². The van der Waals surface area contributed by atoms with Crippen molar-refractivity contribution in [1.82, 2.24) is 20.1 Å². The van der Waals surface area contributed by atoms with Crippen molar-refractivity contribution in [2.24, 2.45) is 0 Å². The minimum atomic E-state index is -0.679. The number of ether oxygens (including phenoxy) is 2. The number of esters is 1. The van der Waals surface area contributed by atoms with Gasteiger partial charge in [0.05, 0.1) is 6.04 Å². The van der Waals surface area contributed by atoms with Gasteiger partial charge < -0.3 is 19.4 Å². The second-order valence-corrected chi connectivity index (χ2v) is 9.82. The molecule has 2 rings (SSSR count). The van der Waals surface area contributed by atoms with Crippen LogP contribution in [0.25, 0.3) is 0 Å². The molecule has 0 unspecified atom stereocenters. The third kappa shape index (κ3) is 7.98. The maximum absolute atomic E-state index is 13.2. The molecular formula is C24H36N4O4. The molecule has 1 aromatic carbocycles. The summed E-state index contributed by atoms with van der Waals surface area (Å²) in [5.41, 5.74) is -0.284. The van der Waals surface area contributed by atoms with Gasteiger partial charge in [0.15, 0.2) is 5.82 Å². The minimum absolute atomic E-state index is 0.380. The lowest BCUT2D eigenvalue weighted by atomic mass is 10.0. The van der Waals surface area contributed by atoms with Crippen LogP contribution in [0.1, 0.15) is 84.8 Å². The van der Waals surface area contributed by atoms with Crippen LogP contribution < -0.4 is 5.32 Å². The molecule has 0 saturated carbocycles. The van der Waals surface area contributed by atoms with Crippen LogP contribution in [0.5, 0.6) is 0 Å². The van der Waals surface area contributed by atoms with Crippen molar-refractivity contribution in [3.63, 3.8) is 0 Å². The second kappa shape index (κ2) is 10.6. The standard InChI is InChI=1S/C24H36N4O4/c1-8-12-18(26-22(30)32-24(5,6)7)20-27-25-16-28(20)19(21(29)31-23(2,3)4)15-17-13-10-9-11-14-17/h9-11,13-14,16,18-19H,8,12,15H2,1-7H3,(H,26,30)/t18-,19-/m0/s1. The van der Waals surface area contributed by atoms with Crippen LogP contribution >= 0.6 is 0 Å². The summed E-state index contributed by atoms with van der Waals surface area (Å²) in [6.07, 6.45) is 2.80. The Balaban J connectivity index is 2.38. The SMILES string of the molecule is CCC[C@H](NC(=O)OC(C)(C)C)c1nncn1[C@@H](Cc1ccccc1)C(=O)OC(C)(C)C. The van der Waals surface area contributed by atoms with Gasteiger partial charge in [-0.05, 0) is 53.5 Å². The molecule has 2 aromatic rings. The summed E-state index contributed by atoms with van der Waals surface area (Å²) >= 11 is 0. The number of hydrogen-bond donors (Lipinski definition) is 1. The highest BCUT2D eigenvalue weighted by Crippen LogP contribution is 2.25. The number of nitrogens with one attached hydrogen (secondary N) is 1. The minimum Gasteiger partial charge on any atom is -0.458 e. The predicted molar refractivity (Wildman–Crippen MR) is 122 cm³/mol. The molecule has 0 saturated heterocycles. The third-order valence-electron chi connectivity index (χ3n) is 4.47. The number of nitrogens with zero attached hydrogens (tertiary/aromatic N) is 3. The van der Waals surface area contributed by atoms with Gasteiger partial charge in [0.25, 0.3) is 0 Å². The Morgan fingerprint density at radius 2 is 1.66 bits per heavy atom. The zero-order valence-corrected chi connectivity index (χ0v) is 20.2. The van der Waals surface area contributed by atoms with Gasteiger partial charge in [-0.2, -0.15) is 0 Å². The molecule has 0 radical (unpaired) electrons. The molecule has 8 heteroatoms. The molecule has 0 spiro atoms. The van der Waals surface area contributed by atoms with Crippen LogP contribution in [0.15, 0.2) is 36.7 Å². The number of hydrogen-bond acceptors (Lipinski definition) is 6. The van der Waals surface area contributed by atoms with Gasteiger partial charge in [-0.1, -0.05) is 43.7 Å². The molecule has 0 aliphatic heterocycles. The van der Waals surface area contributed by atoms with Gasteiger partial charge in [-0.15, -0.1) is 10.2 Å². The third-order valence-corrected chi connectivity index (χ3v) is 4.47. The van der Waals surface area contributed by atoms with E-state index in [4.69, 9.17) is 9.47 Å². The fourth-order valence-electron chi connectivity index (χ4n) is 3.25.